The Morgan fingerprint density at radius 3 is 1.90 bits per heavy atom. The molecule has 2 aromatic rings. The fourth-order valence-electron chi connectivity index (χ4n) is 1.75. The van der Waals surface area contributed by atoms with Crippen molar-refractivity contribution in [3.63, 3.8) is 0 Å². The van der Waals surface area contributed by atoms with E-state index in [9.17, 15) is 4.79 Å². The van der Waals surface area contributed by atoms with E-state index in [-0.39, 0.29) is 0 Å². The van der Waals surface area contributed by atoms with Crippen molar-refractivity contribution >= 4 is 24.7 Å². The Morgan fingerprint density at radius 1 is 0.750 bits per heavy atom. The second-order valence-electron chi connectivity index (χ2n) is 4.24. The predicted molar refractivity (Wildman–Crippen MR) is 82.9 cm³/mol. The molecule has 0 N–H and O–H groups in total. The van der Waals surface area contributed by atoms with E-state index in [1.54, 1.807) is 0 Å². The van der Waals surface area contributed by atoms with Gasteiger partial charge in [0.05, 0.1) is 0 Å². The van der Waals surface area contributed by atoms with E-state index in [1.165, 1.54) is 5.56 Å². The van der Waals surface area contributed by atoms with Gasteiger partial charge in [-0.15, -0.1) is 0 Å². The monoisotopic (exact) mass is 264 g/mol. The van der Waals surface area contributed by atoms with E-state index in [0.29, 0.717) is 13.1 Å². The Bertz CT molecular complexity index is 581. The first-order valence-electron chi connectivity index (χ1n) is 6.43. The highest BCUT2D eigenvalue weighted by Crippen LogP contribution is 2.10. The van der Waals surface area contributed by atoms with Crippen molar-refractivity contribution in [1.82, 2.24) is 0 Å². The first-order chi connectivity index (χ1) is 9.88. The topological polar surface area (TPSA) is 26.3 Å². The summed E-state index contributed by atoms with van der Waals surface area (Å²) in [7, 11) is 0. The maximum absolute atomic E-state index is 9.99. The van der Waals surface area contributed by atoms with E-state index < -0.39 is 0 Å². The first-order valence-corrected chi connectivity index (χ1v) is 6.43. The van der Waals surface area contributed by atoms with Gasteiger partial charge in [-0.1, -0.05) is 72.8 Å². The Kier molecular flexibility index (Phi) is 5.35. The molecule has 0 spiro atoms. The molecule has 2 rings (SSSR count). The molecule has 0 saturated carbocycles. The summed E-state index contributed by atoms with van der Waals surface area (Å²) in [6.07, 6.45) is 7.90. The molecule has 0 unspecified atom stereocenters. The lowest BCUT2D eigenvalue weighted by Gasteiger charge is -1.97. The largest absolute Gasteiger partial charge is 0.464 e. The second-order valence-corrected chi connectivity index (χ2v) is 4.24. The normalized spacial score (nSPS) is 11.0. The molecule has 0 atom stereocenters. The molecule has 2 aromatic carbocycles. The van der Waals surface area contributed by atoms with Crippen LogP contribution in [0, 0.1) is 0 Å². The molecule has 0 heterocycles. The van der Waals surface area contributed by atoms with Gasteiger partial charge in [-0.05, 0) is 22.8 Å². The van der Waals surface area contributed by atoms with Crippen LogP contribution in [0.15, 0.2) is 60.7 Å². The van der Waals surface area contributed by atoms with Gasteiger partial charge in [0.25, 0.3) is 6.47 Å². The summed E-state index contributed by atoms with van der Waals surface area (Å²) >= 11 is 0. The maximum Gasteiger partial charge on any atom is 0.293 e. The van der Waals surface area contributed by atoms with Gasteiger partial charge in [0.15, 0.2) is 0 Å². The van der Waals surface area contributed by atoms with Crippen LogP contribution in [-0.2, 0) is 9.53 Å². The number of carbonyl (C=O) groups is 1. The van der Waals surface area contributed by atoms with Crippen LogP contribution >= 0.6 is 0 Å². The van der Waals surface area contributed by atoms with Crippen molar-refractivity contribution in [1.29, 1.82) is 0 Å². The van der Waals surface area contributed by atoms with Crippen LogP contribution in [0.2, 0.25) is 0 Å². The zero-order chi connectivity index (χ0) is 14.0. The Morgan fingerprint density at radius 2 is 1.30 bits per heavy atom. The molecule has 0 radical (unpaired) electrons. The van der Waals surface area contributed by atoms with Gasteiger partial charge < -0.3 is 4.74 Å². The van der Waals surface area contributed by atoms with E-state index in [2.05, 4.69) is 41.2 Å². The third-order valence-electron chi connectivity index (χ3n) is 2.78. The maximum atomic E-state index is 9.99. The lowest BCUT2D eigenvalue weighted by molar-refractivity contribution is -0.127. The average Bonchev–Trinajstić information content (AvgIpc) is 2.52. The van der Waals surface area contributed by atoms with Crippen molar-refractivity contribution in [2.24, 2.45) is 0 Å². The number of rotatable bonds is 6. The smallest absolute Gasteiger partial charge is 0.293 e. The Labute approximate surface area is 119 Å². The average molecular weight is 264 g/mol. The molecule has 0 aliphatic carbocycles. The molecule has 2 heteroatoms. The van der Waals surface area contributed by atoms with Gasteiger partial charge in [-0.3, -0.25) is 4.79 Å². The molecular weight excluding hydrogens is 248 g/mol. The first kappa shape index (κ1) is 13.8. The second kappa shape index (κ2) is 7.74. The zero-order valence-corrected chi connectivity index (χ0v) is 11.1. The number of hydrogen-bond acceptors (Lipinski definition) is 2. The molecule has 100 valence electrons. The Hall–Kier alpha value is -2.61. The Balaban J connectivity index is 1.96. The van der Waals surface area contributed by atoms with E-state index in [0.717, 1.165) is 11.1 Å². The van der Waals surface area contributed by atoms with E-state index in [1.807, 2.05) is 42.5 Å². The third kappa shape index (κ3) is 4.58. The number of ether oxygens (including phenoxy) is 1. The van der Waals surface area contributed by atoms with Gasteiger partial charge >= 0.3 is 0 Å². The minimum absolute atomic E-state index is 0.305. The summed E-state index contributed by atoms with van der Waals surface area (Å²) in [5, 5.41) is 0. The molecule has 0 fully saturated rings. The van der Waals surface area contributed by atoms with Crippen LogP contribution in [-0.4, -0.2) is 13.1 Å². The van der Waals surface area contributed by atoms with Gasteiger partial charge in [0.2, 0.25) is 0 Å². The highest BCUT2D eigenvalue weighted by Gasteiger charge is 1.89. The highest BCUT2D eigenvalue weighted by atomic mass is 16.5. The van der Waals surface area contributed by atoms with Crippen LogP contribution in [0.1, 0.15) is 16.7 Å². The van der Waals surface area contributed by atoms with Crippen molar-refractivity contribution in [2.75, 3.05) is 6.61 Å². The van der Waals surface area contributed by atoms with Crippen molar-refractivity contribution in [3.8, 4) is 0 Å². The van der Waals surface area contributed by atoms with Gasteiger partial charge in [-0.2, -0.15) is 0 Å². The molecule has 0 amide bonds. The van der Waals surface area contributed by atoms with E-state index >= 15 is 0 Å². The fraction of sp³-hybridized carbons (Fsp3) is 0.0556. The fourth-order valence-corrected chi connectivity index (χ4v) is 1.75. The van der Waals surface area contributed by atoms with Crippen molar-refractivity contribution < 1.29 is 9.53 Å². The van der Waals surface area contributed by atoms with E-state index in [4.69, 9.17) is 0 Å². The van der Waals surface area contributed by atoms with Crippen LogP contribution in [0.3, 0.4) is 0 Å². The minimum Gasteiger partial charge on any atom is -0.464 e. The SMILES string of the molecule is O=COC/C=C/c1ccc(/C=C/c2ccccc2)cc1. The zero-order valence-electron chi connectivity index (χ0n) is 11.1. The van der Waals surface area contributed by atoms with Crippen molar-refractivity contribution in [2.45, 2.75) is 0 Å². The summed E-state index contributed by atoms with van der Waals surface area (Å²) in [5.41, 5.74) is 3.41. The molecule has 0 aliphatic heterocycles. The van der Waals surface area contributed by atoms with Crippen molar-refractivity contribution in [3.05, 3.63) is 77.4 Å². The minimum atomic E-state index is 0.305. The lowest BCUT2D eigenvalue weighted by Crippen LogP contribution is -1.85. The molecule has 0 aromatic heterocycles. The van der Waals surface area contributed by atoms with Gasteiger partial charge in [0, 0.05) is 0 Å². The molecular formula is C18H16O2. The summed E-state index contributed by atoms with van der Waals surface area (Å²) in [6, 6.07) is 18.4. The van der Waals surface area contributed by atoms with Crippen LogP contribution in [0.25, 0.3) is 18.2 Å². The standard InChI is InChI=1S/C18H16O2/c19-15-20-14-4-7-17-9-12-18(13-10-17)11-8-16-5-2-1-3-6-16/h1-13,15H,14H2/b7-4+,11-8+. The molecule has 0 bridgehead atoms. The highest BCUT2D eigenvalue weighted by molar-refractivity contribution is 5.70. The number of hydrogen-bond donors (Lipinski definition) is 0. The summed E-state index contributed by atoms with van der Waals surface area (Å²) in [5.74, 6) is 0. The quantitative estimate of drug-likeness (QED) is 0.447. The van der Waals surface area contributed by atoms with Gasteiger partial charge in [-0.25, -0.2) is 0 Å². The van der Waals surface area contributed by atoms with Crippen LogP contribution in [0.4, 0.5) is 0 Å². The summed E-state index contributed by atoms with van der Waals surface area (Å²) in [4.78, 5) is 9.99. The molecule has 0 aliphatic rings. The summed E-state index contributed by atoms with van der Waals surface area (Å²) in [6.45, 7) is 0.751. The number of carbonyl (C=O) groups excluding carboxylic acids is 1. The van der Waals surface area contributed by atoms with Crippen LogP contribution < -0.4 is 0 Å². The molecule has 0 saturated heterocycles. The lowest BCUT2D eigenvalue weighted by atomic mass is 10.1. The summed E-state index contributed by atoms with van der Waals surface area (Å²) < 4.78 is 4.59. The number of benzene rings is 2. The molecule has 20 heavy (non-hydrogen) atoms. The molecule has 2 nitrogen and oxygen atoms in total. The van der Waals surface area contributed by atoms with Crippen LogP contribution in [0.5, 0.6) is 0 Å². The van der Waals surface area contributed by atoms with Gasteiger partial charge in [0.1, 0.15) is 6.61 Å². The predicted octanol–water partition coefficient (Wildman–Crippen LogP) is 4.04. The third-order valence-corrected chi connectivity index (χ3v) is 2.78.